The van der Waals surface area contributed by atoms with Gasteiger partial charge in [-0.25, -0.2) is 0 Å². The van der Waals surface area contributed by atoms with Crippen LogP contribution < -0.4 is 0 Å². The molecule has 256 valence electrons. The SMILES string of the molecule is CCCc1cccc(C(=O)N(C)CCN(CCN(C)C(=O)C2=CCCC(CC(C)CC)=C2)CCN(C)C(=O)c2cccc(CC)c2)c1. The van der Waals surface area contributed by atoms with E-state index >= 15 is 0 Å². The molecule has 7 nitrogen and oxygen atoms in total. The zero-order valence-corrected chi connectivity index (χ0v) is 30.1. The summed E-state index contributed by atoms with van der Waals surface area (Å²) in [4.78, 5) is 47.6. The van der Waals surface area contributed by atoms with Gasteiger partial charge in [-0.05, 0) is 73.4 Å². The molecule has 0 fully saturated rings. The van der Waals surface area contributed by atoms with E-state index in [1.165, 1.54) is 11.1 Å². The summed E-state index contributed by atoms with van der Waals surface area (Å²) in [5.74, 6) is 0.667. The predicted molar refractivity (Wildman–Crippen MR) is 194 cm³/mol. The van der Waals surface area contributed by atoms with Crippen molar-refractivity contribution in [3.8, 4) is 0 Å². The van der Waals surface area contributed by atoms with Crippen molar-refractivity contribution in [3.63, 3.8) is 0 Å². The fourth-order valence-electron chi connectivity index (χ4n) is 5.91. The summed E-state index contributed by atoms with van der Waals surface area (Å²) in [6.45, 7) is 12.2. The van der Waals surface area contributed by atoms with Crippen LogP contribution in [-0.4, -0.2) is 97.7 Å². The zero-order chi connectivity index (χ0) is 34.3. The summed E-state index contributed by atoms with van der Waals surface area (Å²) in [6.07, 6.45) is 11.2. The van der Waals surface area contributed by atoms with Crippen molar-refractivity contribution < 1.29 is 14.4 Å². The minimum atomic E-state index is -0.00368. The normalized spacial score (nSPS) is 13.5. The summed E-state index contributed by atoms with van der Waals surface area (Å²) < 4.78 is 0. The number of hydrogen-bond donors (Lipinski definition) is 0. The van der Waals surface area contributed by atoms with Crippen LogP contribution in [0.25, 0.3) is 0 Å². The van der Waals surface area contributed by atoms with Crippen molar-refractivity contribution >= 4 is 17.7 Å². The Morgan fingerprint density at radius 2 is 1.26 bits per heavy atom. The Hall–Kier alpha value is -3.71. The van der Waals surface area contributed by atoms with Gasteiger partial charge in [0.25, 0.3) is 17.7 Å². The standard InChI is InChI=1S/C40H58N4O3/c1-8-14-33-16-12-19-36(29-33)39(46)42(6)22-25-44(24-21-41(5)38(45)35-18-11-15-32(10-3)28-35)26-23-43(7)40(47)37-20-13-17-34(30-37)27-31(4)9-2/h11-12,15-16,18-20,28-31H,8-10,13-14,17,21-27H2,1-7H3. The van der Waals surface area contributed by atoms with Crippen molar-refractivity contribution in [1.29, 1.82) is 0 Å². The number of allylic oxidation sites excluding steroid dienone is 2. The first kappa shape index (κ1) is 37.7. The van der Waals surface area contributed by atoms with Gasteiger partial charge in [0, 0.05) is 77.1 Å². The maximum absolute atomic E-state index is 13.5. The molecule has 7 heteroatoms. The molecule has 1 aliphatic rings. The molecule has 2 aromatic rings. The quantitative estimate of drug-likeness (QED) is 0.178. The number of hydrogen-bond acceptors (Lipinski definition) is 4. The summed E-state index contributed by atoms with van der Waals surface area (Å²) in [7, 11) is 5.55. The molecular weight excluding hydrogens is 584 g/mol. The monoisotopic (exact) mass is 642 g/mol. The lowest BCUT2D eigenvalue weighted by Gasteiger charge is -2.30. The number of carbonyl (C=O) groups is 3. The van der Waals surface area contributed by atoms with E-state index in [9.17, 15) is 14.4 Å². The van der Waals surface area contributed by atoms with Crippen LogP contribution in [-0.2, 0) is 17.6 Å². The number of carbonyl (C=O) groups excluding carboxylic acids is 3. The molecule has 47 heavy (non-hydrogen) atoms. The molecule has 0 N–H and O–H groups in total. The van der Waals surface area contributed by atoms with Crippen LogP contribution in [0.1, 0.15) is 91.6 Å². The van der Waals surface area contributed by atoms with Gasteiger partial charge < -0.3 is 14.7 Å². The van der Waals surface area contributed by atoms with Crippen molar-refractivity contribution in [2.75, 3.05) is 60.4 Å². The minimum Gasteiger partial charge on any atom is -0.340 e. The Morgan fingerprint density at radius 1 is 0.723 bits per heavy atom. The van der Waals surface area contributed by atoms with Crippen LogP contribution in [0.2, 0.25) is 0 Å². The number of benzene rings is 2. The summed E-state index contributed by atoms with van der Waals surface area (Å²) in [5.41, 5.74) is 5.87. The number of amides is 3. The van der Waals surface area contributed by atoms with Gasteiger partial charge in [0.05, 0.1) is 0 Å². The fourth-order valence-corrected chi connectivity index (χ4v) is 5.91. The van der Waals surface area contributed by atoms with Gasteiger partial charge in [-0.3, -0.25) is 19.3 Å². The van der Waals surface area contributed by atoms with Crippen LogP contribution >= 0.6 is 0 Å². The van der Waals surface area contributed by atoms with E-state index in [1.807, 2.05) is 63.6 Å². The Kier molecular flexibility index (Phi) is 15.4. The molecule has 0 radical (unpaired) electrons. The molecule has 0 bridgehead atoms. The molecule has 3 amide bonds. The molecule has 0 aromatic heterocycles. The first-order valence-electron chi connectivity index (χ1n) is 17.6. The Labute approximate surface area is 284 Å². The van der Waals surface area contributed by atoms with Crippen LogP contribution in [0.3, 0.4) is 0 Å². The van der Waals surface area contributed by atoms with E-state index in [2.05, 4.69) is 50.8 Å². The van der Waals surface area contributed by atoms with Gasteiger partial charge in [0.1, 0.15) is 0 Å². The second kappa shape index (κ2) is 19.2. The largest absolute Gasteiger partial charge is 0.340 e. The predicted octanol–water partition coefficient (Wildman–Crippen LogP) is 6.89. The van der Waals surface area contributed by atoms with Gasteiger partial charge in [0.2, 0.25) is 0 Å². The summed E-state index contributed by atoms with van der Waals surface area (Å²) in [6, 6.07) is 15.7. The van der Waals surface area contributed by atoms with Crippen molar-refractivity contribution in [2.24, 2.45) is 5.92 Å². The molecule has 0 spiro atoms. The van der Waals surface area contributed by atoms with E-state index in [1.54, 1.807) is 14.7 Å². The van der Waals surface area contributed by atoms with Gasteiger partial charge >= 0.3 is 0 Å². The topological polar surface area (TPSA) is 64.2 Å². The number of likely N-dealkylation sites (N-methyl/N-ethyl adjacent to an activating group) is 3. The molecular formula is C40H58N4O3. The van der Waals surface area contributed by atoms with Crippen molar-refractivity contribution in [2.45, 2.75) is 72.6 Å². The molecule has 3 rings (SSSR count). The lowest BCUT2D eigenvalue weighted by molar-refractivity contribution is -0.125. The van der Waals surface area contributed by atoms with Gasteiger partial charge in [-0.15, -0.1) is 0 Å². The maximum Gasteiger partial charge on any atom is 0.253 e. The highest BCUT2D eigenvalue weighted by Gasteiger charge is 2.20. The Balaban J connectivity index is 1.66. The third kappa shape index (κ3) is 11.8. The summed E-state index contributed by atoms with van der Waals surface area (Å²) >= 11 is 0. The molecule has 0 saturated carbocycles. The minimum absolute atomic E-state index is 0.00233. The van der Waals surface area contributed by atoms with E-state index in [-0.39, 0.29) is 17.7 Å². The molecule has 1 unspecified atom stereocenters. The lowest BCUT2D eigenvalue weighted by Crippen LogP contribution is -2.44. The first-order chi connectivity index (χ1) is 22.6. The van der Waals surface area contributed by atoms with Gasteiger partial charge in [-0.1, -0.05) is 82.5 Å². The molecule has 2 aromatic carbocycles. The number of rotatable bonds is 18. The molecule has 0 saturated heterocycles. The second-order valence-corrected chi connectivity index (χ2v) is 13.2. The van der Waals surface area contributed by atoms with Crippen LogP contribution in [0.5, 0.6) is 0 Å². The highest BCUT2D eigenvalue weighted by molar-refractivity contribution is 5.96. The molecule has 0 heterocycles. The lowest BCUT2D eigenvalue weighted by atomic mass is 9.90. The second-order valence-electron chi connectivity index (χ2n) is 13.2. The van der Waals surface area contributed by atoms with Crippen LogP contribution in [0, 0.1) is 5.92 Å². The highest BCUT2D eigenvalue weighted by atomic mass is 16.2. The third-order valence-corrected chi connectivity index (χ3v) is 9.33. The molecule has 1 aliphatic carbocycles. The van der Waals surface area contributed by atoms with Gasteiger partial charge in [-0.2, -0.15) is 0 Å². The van der Waals surface area contributed by atoms with E-state index in [4.69, 9.17) is 0 Å². The maximum atomic E-state index is 13.5. The average molecular weight is 643 g/mol. The van der Waals surface area contributed by atoms with Crippen molar-refractivity contribution in [3.05, 3.63) is 94.1 Å². The Bertz CT molecular complexity index is 1400. The third-order valence-electron chi connectivity index (χ3n) is 9.33. The van der Waals surface area contributed by atoms with Crippen LogP contribution in [0.4, 0.5) is 0 Å². The summed E-state index contributed by atoms with van der Waals surface area (Å²) in [5, 5.41) is 0. The van der Waals surface area contributed by atoms with E-state index in [0.29, 0.717) is 56.3 Å². The average Bonchev–Trinajstić information content (AvgIpc) is 3.10. The van der Waals surface area contributed by atoms with E-state index < -0.39 is 0 Å². The Morgan fingerprint density at radius 3 is 1.79 bits per heavy atom. The number of nitrogens with zero attached hydrogens (tertiary/aromatic N) is 4. The van der Waals surface area contributed by atoms with Crippen LogP contribution in [0.15, 0.2) is 71.8 Å². The number of aryl methyl sites for hydroxylation is 2. The fraction of sp³-hybridized carbons (Fsp3) is 0.525. The smallest absolute Gasteiger partial charge is 0.253 e. The molecule has 0 aliphatic heterocycles. The first-order valence-corrected chi connectivity index (χ1v) is 17.6. The van der Waals surface area contributed by atoms with Crippen molar-refractivity contribution in [1.82, 2.24) is 19.6 Å². The zero-order valence-electron chi connectivity index (χ0n) is 30.1. The van der Waals surface area contributed by atoms with Gasteiger partial charge in [0.15, 0.2) is 0 Å². The molecule has 1 atom stereocenters. The van der Waals surface area contributed by atoms with E-state index in [0.717, 1.165) is 56.1 Å². The highest BCUT2D eigenvalue weighted by Crippen LogP contribution is 2.25.